The Bertz CT molecular complexity index is 1050. The third-order valence-corrected chi connectivity index (χ3v) is 4.08. The minimum absolute atomic E-state index is 0.777. The summed E-state index contributed by atoms with van der Waals surface area (Å²) in [4.78, 5) is 9.23. The molecular formula is C20H17N3O2. The lowest BCUT2D eigenvalue weighted by atomic mass is 10.2. The van der Waals surface area contributed by atoms with Gasteiger partial charge in [0.05, 0.1) is 24.4 Å². The maximum atomic E-state index is 5.35. The molecule has 1 aromatic carbocycles. The van der Waals surface area contributed by atoms with Gasteiger partial charge in [-0.3, -0.25) is 4.57 Å². The molecule has 0 saturated heterocycles. The molecule has 124 valence electrons. The zero-order chi connectivity index (χ0) is 17.2. The molecule has 25 heavy (non-hydrogen) atoms. The van der Waals surface area contributed by atoms with E-state index in [4.69, 9.17) is 14.1 Å². The zero-order valence-corrected chi connectivity index (χ0v) is 14.0. The van der Waals surface area contributed by atoms with Gasteiger partial charge in [0.1, 0.15) is 23.2 Å². The van der Waals surface area contributed by atoms with Gasteiger partial charge in [-0.15, -0.1) is 0 Å². The predicted octanol–water partition coefficient (Wildman–Crippen LogP) is 4.50. The van der Waals surface area contributed by atoms with E-state index in [-0.39, 0.29) is 0 Å². The number of aryl methyl sites for hydroxylation is 1. The van der Waals surface area contributed by atoms with E-state index in [1.165, 1.54) is 0 Å². The van der Waals surface area contributed by atoms with Crippen LogP contribution >= 0.6 is 0 Å². The molecule has 0 bridgehead atoms. The lowest BCUT2D eigenvalue weighted by Crippen LogP contribution is -1.99. The molecular weight excluding hydrogens is 314 g/mol. The lowest BCUT2D eigenvalue weighted by Gasteiger charge is -2.06. The van der Waals surface area contributed by atoms with Gasteiger partial charge < -0.3 is 9.15 Å². The number of hydrogen-bond acceptors (Lipinski definition) is 4. The minimum Gasteiger partial charge on any atom is -0.497 e. The highest BCUT2D eigenvalue weighted by Gasteiger charge is 2.12. The summed E-state index contributed by atoms with van der Waals surface area (Å²) >= 11 is 0. The van der Waals surface area contributed by atoms with Crippen molar-refractivity contribution in [1.29, 1.82) is 0 Å². The van der Waals surface area contributed by atoms with Crippen molar-refractivity contribution in [3.8, 4) is 11.6 Å². The van der Waals surface area contributed by atoms with Gasteiger partial charge >= 0.3 is 0 Å². The number of pyridine rings is 1. The smallest absolute Gasteiger partial charge is 0.139 e. The van der Waals surface area contributed by atoms with Gasteiger partial charge in [-0.25, -0.2) is 9.97 Å². The SMILES string of the molecule is COc1ccc2c(c1)nc(/C=C/c1ccoc1C)n2-c1ccccn1. The second-order valence-corrected chi connectivity index (χ2v) is 5.61. The number of furan rings is 1. The summed E-state index contributed by atoms with van der Waals surface area (Å²) in [5.74, 6) is 3.26. The first kappa shape index (κ1) is 15.2. The van der Waals surface area contributed by atoms with Crippen molar-refractivity contribution in [2.45, 2.75) is 6.92 Å². The van der Waals surface area contributed by atoms with Crippen LogP contribution < -0.4 is 4.74 Å². The molecule has 0 aliphatic rings. The summed E-state index contributed by atoms with van der Waals surface area (Å²) in [6, 6.07) is 13.6. The van der Waals surface area contributed by atoms with Gasteiger partial charge in [-0.05, 0) is 49.4 Å². The molecule has 3 heterocycles. The standard InChI is InChI=1S/C20H17N3O2/c1-14-15(10-12-25-14)6-9-20-22-17-13-16(24-2)7-8-18(17)23(20)19-5-3-4-11-21-19/h3-13H,1-2H3/b9-6+. The van der Waals surface area contributed by atoms with Crippen molar-refractivity contribution < 1.29 is 9.15 Å². The fourth-order valence-electron chi connectivity index (χ4n) is 2.78. The van der Waals surface area contributed by atoms with Gasteiger partial charge in [0.15, 0.2) is 0 Å². The fraction of sp³-hybridized carbons (Fsp3) is 0.100. The van der Waals surface area contributed by atoms with E-state index < -0.39 is 0 Å². The summed E-state index contributed by atoms with van der Waals surface area (Å²) in [5, 5.41) is 0. The maximum Gasteiger partial charge on any atom is 0.139 e. The van der Waals surface area contributed by atoms with Gasteiger partial charge in [0.25, 0.3) is 0 Å². The van der Waals surface area contributed by atoms with Crippen LogP contribution in [0.25, 0.3) is 29.0 Å². The first-order valence-corrected chi connectivity index (χ1v) is 7.96. The molecule has 0 spiro atoms. The predicted molar refractivity (Wildman–Crippen MR) is 97.8 cm³/mol. The third-order valence-electron chi connectivity index (χ3n) is 4.08. The van der Waals surface area contributed by atoms with E-state index in [9.17, 15) is 0 Å². The summed E-state index contributed by atoms with van der Waals surface area (Å²) in [6.07, 6.45) is 7.43. The van der Waals surface area contributed by atoms with Crippen molar-refractivity contribution in [2.75, 3.05) is 7.11 Å². The van der Waals surface area contributed by atoms with E-state index in [0.29, 0.717) is 0 Å². The number of nitrogens with zero attached hydrogens (tertiary/aromatic N) is 3. The summed E-state index contributed by atoms with van der Waals surface area (Å²) in [6.45, 7) is 1.94. The number of hydrogen-bond donors (Lipinski definition) is 0. The van der Waals surface area contributed by atoms with Crippen LogP contribution in [-0.4, -0.2) is 21.6 Å². The number of methoxy groups -OCH3 is 1. The van der Waals surface area contributed by atoms with Crippen LogP contribution in [-0.2, 0) is 0 Å². The molecule has 4 aromatic rings. The van der Waals surface area contributed by atoms with Crippen LogP contribution in [0.2, 0.25) is 0 Å². The van der Waals surface area contributed by atoms with Crippen LogP contribution in [0.15, 0.2) is 59.3 Å². The number of benzene rings is 1. The lowest BCUT2D eigenvalue weighted by molar-refractivity contribution is 0.415. The van der Waals surface area contributed by atoms with Crippen molar-refractivity contribution in [2.24, 2.45) is 0 Å². The Morgan fingerprint density at radius 1 is 1.12 bits per heavy atom. The Balaban J connectivity index is 1.90. The monoisotopic (exact) mass is 331 g/mol. The molecule has 0 atom stereocenters. The molecule has 4 rings (SSSR count). The Kier molecular flexibility index (Phi) is 3.82. The topological polar surface area (TPSA) is 53.1 Å². The van der Waals surface area contributed by atoms with Crippen LogP contribution in [0.4, 0.5) is 0 Å². The zero-order valence-electron chi connectivity index (χ0n) is 14.0. The minimum atomic E-state index is 0.777. The highest BCUT2D eigenvalue weighted by atomic mass is 16.5. The summed E-state index contributed by atoms with van der Waals surface area (Å²) in [5.41, 5.74) is 2.86. The van der Waals surface area contributed by atoms with E-state index in [2.05, 4.69) is 4.98 Å². The number of fused-ring (bicyclic) bond motifs is 1. The fourth-order valence-corrected chi connectivity index (χ4v) is 2.78. The number of imidazole rings is 1. The third kappa shape index (κ3) is 2.80. The average Bonchev–Trinajstić information content (AvgIpc) is 3.22. The Labute approximate surface area is 145 Å². The average molecular weight is 331 g/mol. The molecule has 0 aliphatic heterocycles. The molecule has 5 heteroatoms. The van der Waals surface area contributed by atoms with Gasteiger partial charge in [0, 0.05) is 17.8 Å². The quantitative estimate of drug-likeness (QED) is 0.552. The molecule has 0 fully saturated rings. The van der Waals surface area contributed by atoms with Crippen molar-refractivity contribution in [1.82, 2.24) is 14.5 Å². The second-order valence-electron chi connectivity index (χ2n) is 5.61. The van der Waals surface area contributed by atoms with Gasteiger partial charge in [0.2, 0.25) is 0 Å². The van der Waals surface area contributed by atoms with Gasteiger partial charge in [-0.1, -0.05) is 6.07 Å². The molecule has 3 aromatic heterocycles. The first-order chi connectivity index (χ1) is 12.3. The molecule has 5 nitrogen and oxygen atoms in total. The second kappa shape index (κ2) is 6.28. The molecule has 0 N–H and O–H groups in total. The van der Waals surface area contributed by atoms with Crippen LogP contribution in [0.3, 0.4) is 0 Å². The van der Waals surface area contributed by atoms with E-state index in [1.54, 1.807) is 19.6 Å². The first-order valence-electron chi connectivity index (χ1n) is 7.96. The summed E-state index contributed by atoms with van der Waals surface area (Å²) in [7, 11) is 1.65. The van der Waals surface area contributed by atoms with E-state index in [0.717, 1.165) is 39.7 Å². The summed E-state index contributed by atoms with van der Waals surface area (Å²) < 4.78 is 12.7. The van der Waals surface area contributed by atoms with Crippen LogP contribution in [0.1, 0.15) is 17.1 Å². The number of ether oxygens (including phenoxy) is 1. The van der Waals surface area contributed by atoms with Crippen molar-refractivity contribution in [3.63, 3.8) is 0 Å². The maximum absolute atomic E-state index is 5.35. The normalized spacial score (nSPS) is 11.4. The Morgan fingerprint density at radius 3 is 2.76 bits per heavy atom. The Hall–Kier alpha value is -3.34. The largest absolute Gasteiger partial charge is 0.497 e. The van der Waals surface area contributed by atoms with E-state index >= 15 is 0 Å². The number of aromatic nitrogens is 3. The molecule has 0 aliphatic carbocycles. The van der Waals surface area contributed by atoms with Crippen LogP contribution in [0.5, 0.6) is 5.75 Å². The number of rotatable bonds is 4. The van der Waals surface area contributed by atoms with Crippen molar-refractivity contribution >= 4 is 23.2 Å². The molecule has 0 amide bonds. The van der Waals surface area contributed by atoms with Gasteiger partial charge in [-0.2, -0.15) is 0 Å². The molecule has 0 unspecified atom stereocenters. The van der Waals surface area contributed by atoms with Crippen molar-refractivity contribution in [3.05, 3.63) is 72.1 Å². The van der Waals surface area contributed by atoms with Crippen LogP contribution in [0, 0.1) is 6.92 Å². The molecule has 0 radical (unpaired) electrons. The Morgan fingerprint density at radius 2 is 2.04 bits per heavy atom. The highest BCUT2D eigenvalue weighted by Crippen LogP contribution is 2.25. The van der Waals surface area contributed by atoms with E-state index in [1.807, 2.05) is 66.1 Å². The molecule has 0 saturated carbocycles. The highest BCUT2D eigenvalue weighted by molar-refractivity contribution is 5.83.